The maximum Gasteiger partial charge on any atom is 0.0780 e. The molecule has 0 saturated carbocycles. The van der Waals surface area contributed by atoms with Crippen molar-refractivity contribution in [2.45, 2.75) is 32.3 Å². The lowest BCUT2D eigenvalue weighted by atomic mass is 9.98. The molecule has 1 saturated heterocycles. The maximum atomic E-state index is 10.0. The highest BCUT2D eigenvalue weighted by atomic mass is 16.5. The zero-order valence-electron chi connectivity index (χ0n) is 9.25. The first-order valence-electron chi connectivity index (χ1n) is 5.49. The smallest absolute Gasteiger partial charge is 0.0780 e. The first-order chi connectivity index (χ1) is 6.70. The Morgan fingerprint density at radius 2 is 1.86 bits per heavy atom. The van der Waals surface area contributed by atoms with Crippen LogP contribution in [0, 0.1) is 0 Å². The lowest BCUT2D eigenvalue weighted by molar-refractivity contribution is -0.0245. The summed E-state index contributed by atoms with van der Waals surface area (Å²) in [5, 5.41) is 12.2. The quantitative estimate of drug-likeness (QED) is 0.676. The van der Waals surface area contributed by atoms with Crippen molar-refractivity contribution in [1.82, 2.24) is 10.4 Å². The third-order valence-electron chi connectivity index (χ3n) is 2.96. The second kappa shape index (κ2) is 5.66. The number of nitrogens with one attached hydrogen (secondary N) is 1. The molecule has 14 heavy (non-hydrogen) atoms. The molecule has 0 aromatic heterocycles. The minimum Gasteiger partial charge on any atom is -0.389 e. The Bertz CT molecular complexity index is 154. The molecular formula is C10H22N2O2. The van der Waals surface area contributed by atoms with Crippen molar-refractivity contribution < 1.29 is 9.84 Å². The molecule has 4 heteroatoms. The largest absolute Gasteiger partial charge is 0.389 e. The summed E-state index contributed by atoms with van der Waals surface area (Å²) in [5.41, 5.74) is 2.71. The van der Waals surface area contributed by atoms with Gasteiger partial charge in [0.1, 0.15) is 0 Å². The fourth-order valence-electron chi connectivity index (χ4n) is 1.48. The molecule has 4 nitrogen and oxygen atoms in total. The highest BCUT2D eigenvalue weighted by Gasteiger charge is 2.23. The van der Waals surface area contributed by atoms with Crippen LogP contribution < -0.4 is 5.43 Å². The summed E-state index contributed by atoms with van der Waals surface area (Å²) in [6, 6.07) is 0. The second-order valence-corrected chi connectivity index (χ2v) is 3.87. The molecule has 0 unspecified atom stereocenters. The van der Waals surface area contributed by atoms with Crippen molar-refractivity contribution >= 4 is 0 Å². The monoisotopic (exact) mass is 202 g/mol. The molecule has 1 heterocycles. The molecule has 0 aromatic carbocycles. The van der Waals surface area contributed by atoms with Crippen LogP contribution in [0.1, 0.15) is 26.7 Å². The van der Waals surface area contributed by atoms with Gasteiger partial charge in [-0.1, -0.05) is 13.8 Å². The van der Waals surface area contributed by atoms with E-state index in [1.165, 1.54) is 0 Å². The van der Waals surface area contributed by atoms with Crippen molar-refractivity contribution in [3.63, 3.8) is 0 Å². The molecule has 84 valence electrons. The SMILES string of the molecule is CCC(O)(CC)CNN1CCOCC1. The third-order valence-corrected chi connectivity index (χ3v) is 2.96. The average Bonchev–Trinajstić information content (AvgIpc) is 2.27. The molecule has 0 spiro atoms. The van der Waals surface area contributed by atoms with Gasteiger partial charge in [0.2, 0.25) is 0 Å². The minimum atomic E-state index is -0.557. The number of aliphatic hydroxyl groups is 1. The third kappa shape index (κ3) is 3.53. The molecule has 0 bridgehead atoms. The molecule has 1 aliphatic heterocycles. The molecule has 1 fully saturated rings. The van der Waals surface area contributed by atoms with Crippen LogP contribution in [0.2, 0.25) is 0 Å². The van der Waals surface area contributed by atoms with Gasteiger partial charge < -0.3 is 9.84 Å². The van der Waals surface area contributed by atoms with E-state index in [1.54, 1.807) is 0 Å². The summed E-state index contributed by atoms with van der Waals surface area (Å²) in [4.78, 5) is 0. The van der Waals surface area contributed by atoms with Crippen molar-refractivity contribution in [2.24, 2.45) is 0 Å². The van der Waals surface area contributed by atoms with E-state index in [9.17, 15) is 5.11 Å². The topological polar surface area (TPSA) is 44.7 Å². The summed E-state index contributed by atoms with van der Waals surface area (Å²) in [6.07, 6.45) is 1.58. The Morgan fingerprint density at radius 3 is 2.36 bits per heavy atom. The summed E-state index contributed by atoms with van der Waals surface area (Å²) < 4.78 is 5.24. The van der Waals surface area contributed by atoms with Crippen LogP contribution in [0.3, 0.4) is 0 Å². The molecule has 0 amide bonds. The summed E-state index contributed by atoms with van der Waals surface area (Å²) in [5.74, 6) is 0. The molecule has 0 radical (unpaired) electrons. The van der Waals surface area contributed by atoms with Gasteiger partial charge in [0.15, 0.2) is 0 Å². The predicted molar refractivity (Wildman–Crippen MR) is 55.9 cm³/mol. The van der Waals surface area contributed by atoms with E-state index < -0.39 is 5.60 Å². The van der Waals surface area contributed by atoms with E-state index in [-0.39, 0.29) is 0 Å². The lowest BCUT2D eigenvalue weighted by Gasteiger charge is -2.32. The Morgan fingerprint density at radius 1 is 1.29 bits per heavy atom. The number of morpholine rings is 1. The Balaban J connectivity index is 2.23. The maximum absolute atomic E-state index is 10.0. The standard InChI is InChI=1S/C10H22N2O2/c1-3-10(13,4-2)9-11-12-5-7-14-8-6-12/h11,13H,3-9H2,1-2H3. The van der Waals surface area contributed by atoms with Crippen LogP contribution in [0.4, 0.5) is 0 Å². The number of nitrogens with zero attached hydrogens (tertiary/aromatic N) is 1. The molecule has 0 atom stereocenters. The highest BCUT2D eigenvalue weighted by Crippen LogP contribution is 2.13. The number of rotatable bonds is 5. The van der Waals surface area contributed by atoms with Gasteiger partial charge in [-0.2, -0.15) is 0 Å². The first-order valence-corrected chi connectivity index (χ1v) is 5.49. The highest BCUT2D eigenvalue weighted by molar-refractivity contribution is 4.77. The van der Waals surface area contributed by atoms with E-state index in [1.807, 2.05) is 13.8 Å². The fraction of sp³-hybridized carbons (Fsp3) is 1.00. The van der Waals surface area contributed by atoms with E-state index in [2.05, 4.69) is 10.4 Å². The van der Waals surface area contributed by atoms with Gasteiger partial charge in [0, 0.05) is 19.6 Å². The first kappa shape index (κ1) is 11.9. The van der Waals surface area contributed by atoms with E-state index in [4.69, 9.17) is 4.74 Å². The number of hydrazine groups is 1. The van der Waals surface area contributed by atoms with Crippen LogP contribution in [0.25, 0.3) is 0 Å². The van der Waals surface area contributed by atoms with Crippen molar-refractivity contribution in [3.05, 3.63) is 0 Å². The van der Waals surface area contributed by atoms with Crippen molar-refractivity contribution in [3.8, 4) is 0 Å². The normalized spacial score (nSPS) is 19.9. The minimum absolute atomic E-state index is 0.557. The van der Waals surface area contributed by atoms with E-state index in [0.29, 0.717) is 6.54 Å². The van der Waals surface area contributed by atoms with Gasteiger partial charge in [-0.3, -0.25) is 5.43 Å². The zero-order chi connectivity index (χ0) is 10.4. The molecule has 2 N–H and O–H groups in total. The summed E-state index contributed by atoms with van der Waals surface area (Å²) in [7, 11) is 0. The van der Waals surface area contributed by atoms with Crippen LogP contribution in [0.15, 0.2) is 0 Å². The average molecular weight is 202 g/mol. The number of hydrogen-bond acceptors (Lipinski definition) is 4. The lowest BCUT2D eigenvalue weighted by Crippen LogP contribution is -2.51. The molecule has 0 aromatic rings. The molecule has 1 rings (SSSR count). The van der Waals surface area contributed by atoms with E-state index in [0.717, 1.165) is 39.1 Å². The van der Waals surface area contributed by atoms with Crippen LogP contribution in [0.5, 0.6) is 0 Å². The van der Waals surface area contributed by atoms with Crippen LogP contribution >= 0.6 is 0 Å². The molecule has 1 aliphatic rings. The van der Waals surface area contributed by atoms with Crippen LogP contribution in [-0.4, -0.2) is 48.6 Å². The molecule has 0 aliphatic carbocycles. The van der Waals surface area contributed by atoms with Gasteiger partial charge in [-0.05, 0) is 12.8 Å². The van der Waals surface area contributed by atoms with Gasteiger partial charge >= 0.3 is 0 Å². The van der Waals surface area contributed by atoms with Crippen molar-refractivity contribution in [1.29, 1.82) is 0 Å². The number of hydrogen-bond donors (Lipinski definition) is 2. The van der Waals surface area contributed by atoms with Gasteiger partial charge in [0.25, 0.3) is 0 Å². The molecular weight excluding hydrogens is 180 g/mol. The summed E-state index contributed by atoms with van der Waals surface area (Å²) >= 11 is 0. The van der Waals surface area contributed by atoms with Crippen molar-refractivity contribution in [2.75, 3.05) is 32.8 Å². The number of ether oxygens (including phenoxy) is 1. The zero-order valence-corrected chi connectivity index (χ0v) is 9.25. The van der Waals surface area contributed by atoms with Crippen LogP contribution in [-0.2, 0) is 4.74 Å². The fourth-order valence-corrected chi connectivity index (χ4v) is 1.48. The van der Waals surface area contributed by atoms with Gasteiger partial charge in [-0.25, -0.2) is 5.01 Å². The Hall–Kier alpha value is -0.160. The van der Waals surface area contributed by atoms with Gasteiger partial charge in [-0.15, -0.1) is 0 Å². The second-order valence-electron chi connectivity index (χ2n) is 3.87. The van der Waals surface area contributed by atoms with Gasteiger partial charge in [0.05, 0.1) is 18.8 Å². The Labute approximate surface area is 86.2 Å². The van der Waals surface area contributed by atoms with E-state index >= 15 is 0 Å². The predicted octanol–water partition coefficient (Wildman–Crippen LogP) is 0.374. The Kier molecular flexibility index (Phi) is 4.81. The summed E-state index contributed by atoms with van der Waals surface area (Å²) in [6.45, 7) is 8.05.